The topological polar surface area (TPSA) is 111 Å². The van der Waals surface area contributed by atoms with Gasteiger partial charge in [0.15, 0.2) is 6.10 Å². The molecule has 0 aliphatic heterocycles. The maximum absolute atomic E-state index is 12.7. The lowest BCUT2D eigenvalue weighted by Crippen LogP contribution is -2.37. The second-order valence-electron chi connectivity index (χ2n) is 23.1. The highest BCUT2D eigenvalue weighted by molar-refractivity contribution is 7.45. The van der Waals surface area contributed by atoms with E-state index in [1.165, 1.54) is 225 Å². The lowest BCUT2D eigenvalue weighted by molar-refractivity contribution is -0.870. The van der Waals surface area contributed by atoms with Crippen LogP contribution in [0.5, 0.6) is 0 Å². The zero-order valence-electron chi connectivity index (χ0n) is 49.8. The molecule has 9 nitrogen and oxygen atoms in total. The van der Waals surface area contributed by atoms with Crippen molar-refractivity contribution in [2.75, 3.05) is 47.5 Å². The highest BCUT2D eigenvalue weighted by atomic mass is 31.2. The number of phosphoric ester groups is 1. The molecule has 0 heterocycles. The van der Waals surface area contributed by atoms with Gasteiger partial charge in [-0.15, -0.1) is 0 Å². The molecule has 0 radical (unpaired) electrons. The minimum Gasteiger partial charge on any atom is -0.756 e. The van der Waals surface area contributed by atoms with Crippen LogP contribution in [-0.4, -0.2) is 70.0 Å². The van der Waals surface area contributed by atoms with Crippen LogP contribution in [0.3, 0.4) is 0 Å². The summed E-state index contributed by atoms with van der Waals surface area (Å²) in [6.45, 7) is 4.20. The number of hydrogen-bond acceptors (Lipinski definition) is 8. The predicted octanol–water partition coefficient (Wildman–Crippen LogP) is 19.5. The van der Waals surface area contributed by atoms with Crippen molar-refractivity contribution < 1.29 is 42.1 Å². The molecule has 0 fully saturated rings. The highest BCUT2D eigenvalue weighted by Crippen LogP contribution is 2.38. The van der Waals surface area contributed by atoms with E-state index in [1.54, 1.807) is 0 Å². The van der Waals surface area contributed by atoms with E-state index < -0.39 is 26.5 Å². The molecule has 0 aliphatic rings. The van der Waals surface area contributed by atoms with Crippen molar-refractivity contribution in [3.8, 4) is 0 Å². The van der Waals surface area contributed by atoms with E-state index in [4.69, 9.17) is 18.5 Å². The Morgan fingerprint density at radius 3 is 1.12 bits per heavy atom. The first-order chi connectivity index (χ1) is 36.0. The van der Waals surface area contributed by atoms with Gasteiger partial charge in [0.1, 0.15) is 19.8 Å². The number of allylic oxidation sites excluding steroid dienone is 4. The zero-order chi connectivity index (χ0) is 54.2. The third-order valence-corrected chi connectivity index (χ3v) is 15.4. The quantitative estimate of drug-likeness (QED) is 0.0195. The fraction of sp³-hybridized carbons (Fsp3) is 0.906. The fourth-order valence-electron chi connectivity index (χ4n) is 9.52. The summed E-state index contributed by atoms with van der Waals surface area (Å²) in [4.78, 5) is 37.8. The number of likely N-dealkylation sites (N-methyl/N-ethyl adjacent to an activating group) is 1. The van der Waals surface area contributed by atoms with Gasteiger partial charge in [-0.05, 0) is 38.5 Å². The number of carbonyl (C=O) groups is 2. The van der Waals surface area contributed by atoms with Crippen LogP contribution in [0.15, 0.2) is 24.3 Å². The van der Waals surface area contributed by atoms with Crippen LogP contribution in [0.25, 0.3) is 0 Å². The molecule has 2 unspecified atom stereocenters. The van der Waals surface area contributed by atoms with Crippen LogP contribution in [0.4, 0.5) is 0 Å². The van der Waals surface area contributed by atoms with E-state index in [9.17, 15) is 19.0 Å². The summed E-state index contributed by atoms with van der Waals surface area (Å²) in [7, 11) is 1.17. The van der Waals surface area contributed by atoms with Crippen LogP contribution < -0.4 is 4.89 Å². The normalized spacial score (nSPS) is 13.3. The molecule has 0 amide bonds. The average Bonchev–Trinajstić information content (AvgIpc) is 3.36. The summed E-state index contributed by atoms with van der Waals surface area (Å²) < 4.78 is 34.1. The van der Waals surface area contributed by atoms with Gasteiger partial charge in [0.2, 0.25) is 0 Å². The van der Waals surface area contributed by atoms with Gasteiger partial charge in [0, 0.05) is 12.8 Å². The summed E-state index contributed by atoms with van der Waals surface area (Å²) >= 11 is 0. The van der Waals surface area contributed by atoms with Crippen LogP contribution in [-0.2, 0) is 32.7 Å². The van der Waals surface area contributed by atoms with E-state index in [0.717, 1.165) is 64.2 Å². The Morgan fingerprint density at radius 2 is 0.757 bits per heavy atom. The second-order valence-corrected chi connectivity index (χ2v) is 24.5. The first-order valence-corrected chi connectivity index (χ1v) is 33.5. The number of rotatable bonds is 60. The van der Waals surface area contributed by atoms with E-state index in [2.05, 4.69) is 38.2 Å². The van der Waals surface area contributed by atoms with Crippen molar-refractivity contribution in [3.05, 3.63) is 24.3 Å². The van der Waals surface area contributed by atoms with Crippen molar-refractivity contribution >= 4 is 19.8 Å². The molecule has 0 rings (SSSR count). The number of phosphoric acid groups is 1. The molecule has 74 heavy (non-hydrogen) atoms. The molecule has 0 bridgehead atoms. The van der Waals surface area contributed by atoms with E-state index in [1.807, 2.05) is 21.1 Å². The number of ether oxygens (including phenoxy) is 2. The number of unbranched alkanes of at least 4 members (excludes halogenated alkanes) is 42. The maximum atomic E-state index is 12.7. The van der Waals surface area contributed by atoms with Crippen molar-refractivity contribution in [2.24, 2.45) is 0 Å². The largest absolute Gasteiger partial charge is 0.756 e. The lowest BCUT2D eigenvalue weighted by atomic mass is 10.0. The number of carbonyl (C=O) groups excluding carboxylic acids is 2. The molecule has 2 atom stereocenters. The van der Waals surface area contributed by atoms with Crippen LogP contribution >= 0.6 is 7.82 Å². The predicted molar refractivity (Wildman–Crippen MR) is 314 cm³/mol. The molecule has 0 aliphatic carbocycles. The average molecular weight is 1070 g/mol. The molecule has 0 aromatic heterocycles. The van der Waals surface area contributed by atoms with Crippen molar-refractivity contribution in [1.82, 2.24) is 0 Å². The summed E-state index contributed by atoms with van der Waals surface area (Å²) in [5, 5.41) is 0. The minimum absolute atomic E-state index is 0.0316. The zero-order valence-corrected chi connectivity index (χ0v) is 50.7. The molecule has 0 N–H and O–H groups in total. The standard InChI is InChI=1S/C64H124NO8P/c1-6-8-10-12-14-16-18-20-21-22-23-24-25-26-27-28-29-30-31-32-33-34-35-36-37-38-39-40-41-42-43-45-46-48-50-52-54-56-63(66)70-60-62(61-72-74(68,69)71-59-58-65(3,4)5)73-64(67)57-55-53-51-49-47-44-19-17-15-13-11-9-7-2/h11,13,17,19,62H,6-10,12,14-16,18,20-61H2,1-5H3/b13-11-,19-17-. The SMILES string of the molecule is CCC/C=C\C/C=C\CCCCCCCC(=O)OC(COC(=O)CCCCCCCCCCCCCCCCCCCCCCCCCCCCCCCCCCCCCCC)COP(=O)([O-])OCC[N+](C)(C)C. The minimum atomic E-state index is -4.63. The first kappa shape index (κ1) is 72.5. The molecular formula is C64H124NO8P. The summed E-state index contributed by atoms with van der Waals surface area (Å²) in [6.07, 6.45) is 68.6. The van der Waals surface area contributed by atoms with Crippen molar-refractivity contribution in [1.29, 1.82) is 0 Å². The third kappa shape index (κ3) is 59.7. The Morgan fingerprint density at radius 1 is 0.419 bits per heavy atom. The number of esters is 2. The molecule has 0 saturated heterocycles. The number of quaternary nitrogens is 1. The molecule has 0 saturated carbocycles. The van der Waals surface area contributed by atoms with Gasteiger partial charge >= 0.3 is 11.9 Å². The first-order valence-electron chi connectivity index (χ1n) is 32.0. The Bertz CT molecular complexity index is 1300. The van der Waals surface area contributed by atoms with Gasteiger partial charge in [-0.1, -0.05) is 295 Å². The summed E-state index contributed by atoms with van der Waals surface area (Å²) in [5.41, 5.74) is 0. The van der Waals surface area contributed by atoms with Gasteiger partial charge in [-0.25, -0.2) is 0 Å². The lowest BCUT2D eigenvalue weighted by Gasteiger charge is -2.28. The van der Waals surface area contributed by atoms with E-state index in [-0.39, 0.29) is 32.0 Å². The van der Waals surface area contributed by atoms with Crippen LogP contribution in [0.1, 0.15) is 322 Å². The molecular weight excluding hydrogens is 942 g/mol. The molecule has 438 valence electrons. The highest BCUT2D eigenvalue weighted by Gasteiger charge is 2.22. The summed E-state index contributed by atoms with van der Waals surface area (Å²) in [6, 6.07) is 0. The third-order valence-electron chi connectivity index (χ3n) is 14.5. The Labute approximate surface area is 459 Å². The van der Waals surface area contributed by atoms with Crippen molar-refractivity contribution in [3.63, 3.8) is 0 Å². The van der Waals surface area contributed by atoms with E-state index >= 15 is 0 Å². The van der Waals surface area contributed by atoms with Crippen LogP contribution in [0.2, 0.25) is 0 Å². The van der Waals surface area contributed by atoms with Crippen molar-refractivity contribution in [2.45, 2.75) is 328 Å². The Balaban J connectivity index is 3.84. The molecule has 0 aromatic rings. The summed E-state index contributed by atoms with van der Waals surface area (Å²) in [5.74, 6) is -0.836. The number of nitrogens with zero attached hydrogens (tertiary/aromatic N) is 1. The molecule has 10 heteroatoms. The van der Waals surface area contributed by atoms with Gasteiger partial charge in [-0.2, -0.15) is 0 Å². The Kier molecular flexibility index (Phi) is 55.1. The second kappa shape index (κ2) is 56.2. The molecule has 0 aromatic carbocycles. The van der Waals surface area contributed by atoms with Gasteiger partial charge in [0.25, 0.3) is 7.82 Å². The monoisotopic (exact) mass is 1070 g/mol. The van der Waals surface area contributed by atoms with Gasteiger partial charge in [-0.3, -0.25) is 14.2 Å². The molecule has 0 spiro atoms. The number of hydrogen-bond donors (Lipinski definition) is 0. The van der Waals surface area contributed by atoms with E-state index in [0.29, 0.717) is 17.4 Å². The maximum Gasteiger partial charge on any atom is 0.306 e. The smallest absolute Gasteiger partial charge is 0.306 e. The Hall–Kier alpha value is -1.51. The van der Waals surface area contributed by atoms with Gasteiger partial charge < -0.3 is 27.9 Å². The van der Waals surface area contributed by atoms with Gasteiger partial charge in [0.05, 0.1) is 27.7 Å². The fourth-order valence-corrected chi connectivity index (χ4v) is 10.3. The van der Waals surface area contributed by atoms with Crippen LogP contribution in [0, 0.1) is 0 Å².